The quantitative estimate of drug-likeness (QED) is 0.287. The summed E-state index contributed by atoms with van der Waals surface area (Å²) in [5.41, 5.74) is 6.22. The molecule has 1 aromatic heterocycles. The second kappa shape index (κ2) is 10.7. The second-order valence-electron chi connectivity index (χ2n) is 8.60. The molecule has 1 heterocycles. The first kappa shape index (κ1) is 24.4. The number of urea groups is 1. The van der Waals surface area contributed by atoms with Crippen molar-refractivity contribution in [1.82, 2.24) is 10.3 Å². The van der Waals surface area contributed by atoms with E-state index in [-0.39, 0.29) is 12.5 Å². The molecule has 3 amide bonds. The van der Waals surface area contributed by atoms with Crippen LogP contribution in [0.25, 0.3) is 10.2 Å². The van der Waals surface area contributed by atoms with Gasteiger partial charge in [0, 0.05) is 11.3 Å². The van der Waals surface area contributed by atoms with Gasteiger partial charge in [0.05, 0.1) is 22.9 Å². The Morgan fingerprint density at radius 2 is 1.69 bits per heavy atom. The summed E-state index contributed by atoms with van der Waals surface area (Å²) in [4.78, 5) is 29.8. The normalized spacial score (nSPS) is 11.8. The molecule has 0 aliphatic heterocycles. The lowest BCUT2D eigenvalue weighted by Gasteiger charge is -2.16. The van der Waals surface area contributed by atoms with Gasteiger partial charge in [0.25, 0.3) is 5.91 Å². The number of aliphatic hydroxyl groups excluding tert-OH is 1. The zero-order valence-corrected chi connectivity index (χ0v) is 20.7. The summed E-state index contributed by atoms with van der Waals surface area (Å²) in [7, 11) is 0. The van der Waals surface area contributed by atoms with E-state index >= 15 is 0 Å². The molecule has 180 valence electrons. The van der Waals surface area contributed by atoms with Crippen molar-refractivity contribution >= 4 is 44.3 Å². The highest BCUT2D eigenvalue weighted by Crippen LogP contribution is 2.28. The smallest absolute Gasteiger partial charge is 0.321 e. The minimum absolute atomic E-state index is 0.180. The van der Waals surface area contributed by atoms with Crippen molar-refractivity contribution in [3.8, 4) is 0 Å². The lowest BCUT2D eigenvalue weighted by Crippen LogP contribution is -2.41. The molecular formula is C27H28N4O3S. The van der Waals surface area contributed by atoms with Gasteiger partial charge in [-0.25, -0.2) is 9.78 Å². The first-order chi connectivity index (χ1) is 16.8. The lowest BCUT2D eigenvalue weighted by molar-refractivity contribution is 0.102. The number of aliphatic hydroxyl groups is 1. The van der Waals surface area contributed by atoms with Crippen LogP contribution in [0.3, 0.4) is 0 Å². The molecule has 4 N–H and O–H groups in total. The molecule has 1 unspecified atom stereocenters. The maximum absolute atomic E-state index is 12.9. The second-order valence-corrected chi connectivity index (χ2v) is 9.63. The Morgan fingerprint density at radius 1 is 0.971 bits per heavy atom. The van der Waals surface area contributed by atoms with Gasteiger partial charge in [-0.1, -0.05) is 59.4 Å². The molecule has 0 bridgehead atoms. The molecule has 0 saturated heterocycles. The molecule has 0 spiro atoms. The number of aromatic nitrogens is 1. The minimum Gasteiger partial charge on any atom is -0.394 e. The molecule has 7 nitrogen and oxygen atoms in total. The van der Waals surface area contributed by atoms with Crippen LogP contribution in [0.1, 0.15) is 32.6 Å². The number of hydrogen-bond acceptors (Lipinski definition) is 5. The van der Waals surface area contributed by atoms with Crippen molar-refractivity contribution in [2.45, 2.75) is 33.2 Å². The number of rotatable bonds is 7. The zero-order chi connectivity index (χ0) is 24.9. The van der Waals surface area contributed by atoms with Crippen molar-refractivity contribution in [1.29, 1.82) is 0 Å². The number of anilines is 2. The van der Waals surface area contributed by atoms with Crippen molar-refractivity contribution in [3.63, 3.8) is 0 Å². The van der Waals surface area contributed by atoms with Gasteiger partial charge in [0.1, 0.15) is 0 Å². The van der Waals surface area contributed by atoms with Gasteiger partial charge in [-0.15, -0.1) is 0 Å². The summed E-state index contributed by atoms with van der Waals surface area (Å²) >= 11 is 1.28. The number of fused-ring (bicyclic) bond motifs is 1. The van der Waals surface area contributed by atoms with Gasteiger partial charge >= 0.3 is 6.03 Å². The number of amides is 3. The number of carbonyl (C=O) groups is 2. The molecule has 0 aliphatic rings. The highest BCUT2D eigenvalue weighted by atomic mass is 32.1. The van der Waals surface area contributed by atoms with Gasteiger partial charge in [-0.05, 0) is 62.1 Å². The Balaban J connectivity index is 1.43. The molecule has 8 heteroatoms. The van der Waals surface area contributed by atoms with Gasteiger partial charge in [-0.3, -0.25) is 10.1 Å². The first-order valence-electron chi connectivity index (χ1n) is 11.3. The van der Waals surface area contributed by atoms with Gasteiger partial charge < -0.3 is 15.7 Å². The summed E-state index contributed by atoms with van der Waals surface area (Å²) in [5, 5.41) is 18.6. The topological polar surface area (TPSA) is 103 Å². The predicted molar refractivity (Wildman–Crippen MR) is 141 cm³/mol. The molecule has 0 radical (unpaired) electrons. The van der Waals surface area contributed by atoms with Crippen LogP contribution in [-0.2, 0) is 6.42 Å². The van der Waals surface area contributed by atoms with Crippen molar-refractivity contribution < 1.29 is 14.7 Å². The monoisotopic (exact) mass is 488 g/mol. The van der Waals surface area contributed by atoms with E-state index in [1.54, 1.807) is 18.2 Å². The van der Waals surface area contributed by atoms with Crippen molar-refractivity contribution in [2.75, 3.05) is 17.2 Å². The fourth-order valence-corrected chi connectivity index (χ4v) is 4.96. The van der Waals surface area contributed by atoms with Crippen LogP contribution in [0.4, 0.5) is 15.6 Å². The minimum atomic E-state index is -0.442. The maximum Gasteiger partial charge on any atom is 0.321 e. The Labute approximate surface area is 208 Å². The van der Waals surface area contributed by atoms with Crippen molar-refractivity contribution in [3.05, 3.63) is 88.5 Å². The summed E-state index contributed by atoms with van der Waals surface area (Å²) in [6.07, 6.45) is 0.517. The standard InChI is InChI=1S/C27H28N4O3S/c1-16-11-17(2)24(18(3)12-16)30-25(33)20-9-10-22-23(14-20)35-27(29-22)31-26(34)28-21(15-32)13-19-7-5-4-6-8-19/h4-12,14,21,32H,13,15H2,1-3H3,(H,30,33)(H2,28,29,31,34). The largest absolute Gasteiger partial charge is 0.394 e. The number of nitrogens with zero attached hydrogens (tertiary/aromatic N) is 1. The summed E-state index contributed by atoms with van der Waals surface area (Å²) < 4.78 is 0.785. The molecule has 3 aromatic carbocycles. The van der Waals surface area contributed by atoms with E-state index in [0.717, 1.165) is 32.6 Å². The van der Waals surface area contributed by atoms with E-state index in [4.69, 9.17) is 0 Å². The maximum atomic E-state index is 12.9. The molecule has 0 aliphatic carbocycles. The fraction of sp³-hybridized carbons (Fsp3) is 0.222. The van der Waals surface area contributed by atoms with Crippen LogP contribution < -0.4 is 16.0 Å². The highest BCUT2D eigenvalue weighted by molar-refractivity contribution is 7.22. The molecule has 4 aromatic rings. The Hall–Kier alpha value is -3.75. The van der Waals surface area contributed by atoms with Gasteiger partial charge in [0.15, 0.2) is 5.13 Å². The first-order valence-corrected chi connectivity index (χ1v) is 12.2. The summed E-state index contributed by atoms with van der Waals surface area (Å²) in [6, 6.07) is 18.1. The molecule has 4 rings (SSSR count). The fourth-order valence-electron chi connectivity index (χ4n) is 4.06. The number of thiazole rings is 1. The van der Waals surface area contributed by atoms with E-state index in [1.165, 1.54) is 11.3 Å². The summed E-state index contributed by atoms with van der Waals surface area (Å²) in [5.74, 6) is -0.200. The predicted octanol–water partition coefficient (Wildman–Crippen LogP) is 5.20. The SMILES string of the molecule is Cc1cc(C)c(NC(=O)c2ccc3nc(NC(=O)NC(CO)Cc4ccccc4)sc3c2)c(C)c1. The third-order valence-corrected chi connectivity index (χ3v) is 6.60. The Bertz CT molecular complexity index is 1340. The number of aryl methyl sites for hydroxylation is 3. The van der Waals surface area contributed by atoms with Crippen LogP contribution in [0.2, 0.25) is 0 Å². The number of nitrogens with one attached hydrogen (secondary N) is 3. The molecule has 1 atom stereocenters. The Kier molecular flexibility index (Phi) is 7.43. The van der Waals surface area contributed by atoms with Crippen molar-refractivity contribution in [2.24, 2.45) is 0 Å². The molecule has 0 fully saturated rings. The average molecular weight is 489 g/mol. The third kappa shape index (κ3) is 6.03. The van der Waals surface area contributed by atoms with E-state index in [0.29, 0.717) is 22.6 Å². The zero-order valence-electron chi connectivity index (χ0n) is 19.9. The molecular weight excluding hydrogens is 460 g/mol. The van der Waals surface area contributed by atoms with E-state index in [1.807, 2.05) is 63.2 Å². The van der Waals surface area contributed by atoms with E-state index in [2.05, 4.69) is 20.9 Å². The van der Waals surface area contributed by atoms with Crippen LogP contribution >= 0.6 is 11.3 Å². The van der Waals surface area contributed by atoms with Crippen LogP contribution in [0, 0.1) is 20.8 Å². The summed E-state index contributed by atoms with van der Waals surface area (Å²) in [6.45, 7) is 5.81. The van der Waals surface area contributed by atoms with Crippen LogP contribution in [0.15, 0.2) is 60.7 Å². The molecule has 0 saturated carbocycles. The Morgan fingerprint density at radius 3 is 2.37 bits per heavy atom. The van der Waals surface area contributed by atoms with Crippen LogP contribution in [-0.4, -0.2) is 34.7 Å². The van der Waals surface area contributed by atoms with E-state index in [9.17, 15) is 14.7 Å². The van der Waals surface area contributed by atoms with E-state index < -0.39 is 12.1 Å². The molecule has 35 heavy (non-hydrogen) atoms. The number of carbonyl (C=O) groups excluding carboxylic acids is 2. The van der Waals surface area contributed by atoms with Gasteiger partial charge in [0.2, 0.25) is 0 Å². The van der Waals surface area contributed by atoms with Crippen LogP contribution in [0.5, 0.6) is 0 Å². The number of hydrogen-bond donors (Lipinski definition) is 4. The third-order valence-electron chi connectivity index (χ3n) is 5.67. The highest BCUT2D eigenvalue weighted by Gasteiger charge is 2.16. The average Bonchev–Trinajstić information content (AvgIpc) is 3.22. The lowest BCUT2D eigenvalue weighted by atomic mass is 10.0. The number of benzene rings is 3. The van der Waals surface area contributed by atoms with Gasteiger partial charge in [-0.2, -0.15) is 0 Å².